The van der Waals surface area contributed by atoms with Crippen LogP contribution >= 0.6 is 0 Å². The molecule has 0 atom stereocenters. The summed E-state index contributed by atoms with van der Waals surface area (Å²) in [5.74, 6) is 0. The van der Waals surface area contributed by atoms with Crippen LogP contribution in [0.1, 0.15) is 16.8 Å². The molecule has 0 bridgehead atoms. The third-order valence-corrected chi connectivity index (χ3v) is 4.90. The Kier molecular flexibility index (Phi) is 3.41. The summed E-state index contributed by atoms with van der Waals surface area (Å²) >= 11 is 0. The van der Waals surface area contributed by atoms with Crippen molar-refractivity contribution in [2.45, 2.75) is 20.8 Å². The second-order valence-corrected chi connectivity index (χ2v) is 6.88. The molecule has 6 heteroatoms. The first kappa shape index (κ1) is 16.3. The molecule has 0 amide bonds. The van der Waals surface area contributed by atoms with Gasteiger partial charge in [0.25, 0.3) is 5.56 Å². The van der Waals surface area contributed by atoms with Gasteiger partial charge in [-0.15, -0.1) is 0 Å². The molecule has 6 nitrogen and oxygen atoms in total. The minimum absolute atomic E-state index is 0.304. The minimum atomic E-state index is -0.342. The van der Waals surface area contributed by atoms with E-state index in [1.165, 1.54) is 11.6 Å². The van der Waals surface area contributed by atoms with E-state index in [0.29, 0.717) is 10.9 Å². The Balaban J connectivity index is 2.41. The summed E-state index contributed by atoms with van der Waals surface area (Å²) in [6, 6.07) is 9.95. The van der Waals surface area contributed by atoms with Crippen LogP contribution in [0.5, 0.6) is 0 Å². The molecule has 0 spiro atoms. The Hall–Kier alpha value is -3.15. The summed E-state index contributed by atoms with van der Waals surface area (Å²) in [6.07, 6.45) is 0. The van der Waals surface area contributed by atoms with Gasteiger partial charge >= 0.3 is 5.69 Å². The van der Waals surface area contributed by atoms with Crippen LogP contribution in [-0.4, -0.2) is 18.7 Å². The summed E-state index contributed by atoms with van der Waals surface area (Å²) in [4.78, 5) is 25.6. The Bertz CT molecular complexity index is 1320. The zero-order valence-electron chi connectivity index (χ0n) is 15.5. The van der Waals surface area contributed by atoms with Gasteiger partial charge in [-0.25, -0.2) is 9.31 Å². The lowest BCUT2D eigenvalue weighted by molar-refractivity contribution is 0.715. The van der Waals surface area contributed by atoms with Crippen molar-refractivity contribution in [1.82, 2.24) is 18.7 Å². The second kappa shape index (κ2) is 5.42. The Morgan fingerprint density at radius 3 is 2.35 bits per heavy atom. The molecule has 0 radical (unpaired) electrons. The first-order chi connectivity index (χ1) is 12.3. The molecule has 0 saturated heterocycles. The number of fused-ring (bicyclic) bond motifs is 3. The third kappa shape index (κ3) is 2.08. The molecule has 4 rings (SSSR count). The van der Waals surface area contributed by atoms with E-state index >= 15 is 0 Å². The van der Waals surface area contributed by atoms with Crippen molar-refractivity contribution in [2.75, 3.05) is 0 Å². The van der Waals surface area contributed by atoms with E-state index < -0.39 is 0 Å². The van der Waals surface area contributed by atoms with Crippen molar-refractivity contribution >= 4 is 16.4 Å². The Labute approximate surface area is 149 Å². The highest BCUT2D eigenvalue weighted by Gasteiger charge is 2.23. The SMILES string of the molecule is Cc1cccc(-c2c3c(=O)n(C)c(=O)n(C)c3c3c(C)cc(C)nn23)c1. The smallest absolute Gasteiger partial charge is 0.294 e. The van der Waals surface area contributed by atoms with Gasteiger partial charge in [0.1, 0.15) is 0 Å². The highest BCUT2D eigenvalue weighted by Crippen LogP contribution is 2.32. The molecule has 0 fully saturated rings. The summed E-state index contributed by atoms with van der Waals surface area (Å²) in [5.41, 5.74) is 5.32. The quantitative estimate of drug-likeness (QED) is 0.531. The highest BCUT2D eigenvalue weighted by atomic mass is 16.2. The fraction of sp³-hybridized carbons (Fsp3) is 0.250. The van der Waals surface area contributed by atoms with Crippen LogP contribution in [0.25, 0.3) is 27.7 Å². The molecule has 0 aliphatic heterocycles. The standard InChI is InChI=1S/C20H20N4O2/c1-11-7-6-8-14(9-11)17-15-18(22(4)20(26)23(5)19(15)25)16-12(2)10-13(3)21-24(16)17/h6-10H,1-5H3. The molecule has 4 aromatic rings. The lowest BCUT2D eigenvalue weighted by Crippen LogP contribution is -2.36. The number of rotatable bonds is 1. The monoisotopic (exact) mass is 348 g/mol. The van der Waals surface area contributed by atoms with E-state index in [0.717, 1.165) is 38.2 Å². The molecule has 3 aromatic heterocycles. The predicted molar refractivity (Wildman–Crippen MR) is 103 cm³/mol. The van der Waals surface area contributed by atoms with Gasteiger partial charge in [-0.1, -0.05) is 23.8 Å². The van der Waals surface area contributed by atoms with E-state index in [1.807, 2.05) is 55.6 Å². The fourth-order valence-electron chi connectivity index (χ4n) is 3.73. The molecule has 0 saturated carbocycles. The zero-order valence-corrected chi connectivity index (χ0v) is 15.5. The number of nitrogens with zero attached hydrogens (tertiary/aromatic N) is 4. The van der Waals surface area contributed by atoms with Gasteiger partial charge in [0, 0.05) is 19.7 Å². The number of hydrogen-bond donors (Lipinski definition) is 0. The average Bonchev–Trinajstić information content (AvgIpc) is 2.93. The van der Waals surface area contributed by atoms with E-state index in [-0.39, 0.29) is 11.2 Å². The fourth-order valence-corrected chi connectivity index (χ4v) is 3.73. The molecular formula is C20H20N4O2. The van der Waals surface area contributed by atoms with E-state index in [1.54, 1.807) is 7.05 Å². The summed E-state index contributed by atoms with van der Waals surface area (Å²) in [5, 5.41) is 5.19. The number of benzene rings is 1. The molecule has 26 heavy (non-hydrogen) atoms. The van der Waals surface area contributed by atoms with Crippen LogP contribution in [0.15, 0.2) is 39.9 Å². The van der Waals surface area contributed by atoms with E-state index in [9.17, 15) is 9.59 Å². The van der Waals surface area contributed by atoms with Crippen molar-refractivity contribution in [2.24, 2.45) is 14.1 Å². The van der Waals surface area contributed by atoms with Crippen molar-refractivity contribution in [3.05, 3.63) is 68.0 Å². The molecular weight excluding hydrogens is 328 g/mol. The Morgan fingerprint density at radius 1 is 0.923 bits per heavy atom. The summed E-state index contributed by atoms with van der Waals surface area (Å²) < 4.78 is 4.50. The van der Waals surface area contributed by atoms with Crippen molar-refractivity contribution in [3.8, 4) is 11.3 Å². The first-order valence-corrected chi connectivity index (χ1v) is 8.47. The molecule has 3 heterocycles. The molecule has 1 aromatic carbocycles. The van der Waals surface area contributed by atoms with Crippen molar-refractivity contribution < 1.29 is 0 Å². The van der Waals surface area contributed by atoms with Crippen LogP contribution in [-0.2, 0) is 14.1 Å². The van der Waals surface area contributed by atoms with Gasteiger partial charge in [0.15, 0.2) is 0 Å². The highest BCUT2D eigenvalue weighted by molar-refractivity contribution is 6.04. The third-order valence-electron chi connectivity index (χ3n) is 4.90. The molecule has 132 valence electrons. The average molecular weight is 348 g/mol. The van der Waals surface area contributed by atoms with Crippen molar-refractivity contribution in [3.63, 3.8) is 0 Å². The van der Waals surface area contributed by atoms with Gasteiger partial charge in [-0.3, -0.25) is 13.9 Å². The van der Waals surface area contributed by atoms with Crippen molar-refractivity contribution in [1.29, 1.82) is 0 Å². The van der Waals surface area contributed by atoms with Crippen LogP contribution in [0.4, 0.5) is 0 Å². The van der Waals surface area contributed by atoms with Crippen LogP contribution in [0, 0.1) is 20.8 Å². The topological polar surface area (TPSA) is 61.3 Å². The maximum Gasteiger partial charge on any atom is 0.331 e. The van der Waals surface area contributed by atoms with Gasteiger partial charge in [0.2, 0.25) is 0 Å². The maximum atomic E-state index is 13.1. The van der Waals surface area contributed by atoms with Gasteiger partial charge < -0.3 is 0 Å². The summed E-state index contributed by atoms with van der Waals surface area (Å²) in [6.45, 7) is 5.92. The van der Waals surface area contributed by atoms with Crippen LogP contribution < -0.4 is 11.2 Å². The molecule has 0 aliphatic carbocycles. The van der Waals surface area contributed by atoms with E-state index in [4.69, 9.17) is 0 Å². The van der Waals surface area contributed by atoms with Crippen LogP contribution in [0.2, 0.25) is 0 Å². The predicted octanol–water partition coefficient (Wildman–Crippen LogP) is 2.48. The minimum Gasteiger partial charge on any atom is -0.294 e. The van der Waals surface area contributed by atoms with Gasteiger partial charge in [-0.05, 0) is 38.5 Å². The molecule has 0 aliphatic rings. The maximum absolute atomic E-state index is 13.1. The number of aryl methyl sites for hydroxylation is 4. The zero-order chi connectivity index (χ0) is 18.7. The van der Waals surface area contributed by atoms with Crippen LogP contribution in [0.3, 0.4) is 0 Å². The summed E-state index contributed by atoms with van der Waals surface area (Å²) in [7, 11) is 3.21. The molecule has 0 N–H and O–H groups in total. The lowest BCUT2D eigenvalue weighted by atomic mass is 10.1. The number of hydrogen-bond acceptors (Lipinski definition) is 3. The van der Waals surface area contributed by atoms with Gasteiger partial charge in [0.05, 0.1) is 27.8 Å². The van der Waals surface area contributed by atoms with E-state index in [2.05, 4.69) is 5.10 Å². The Morgan fingerprint density at radius 2 is 1.65 bits per heavy atom. The normalized spacial score (nSPS) is 11.6. The second-order valence-electron chi connectivity index (χ2n) is 6.88. The number of aromatic nitrogens is 4. The largest absolute Gasteiger partial charge is 0.331 e. The first-order valence-electron chi connectivity index (χ1n) is 8.47. The molecule has 0 unspecified atom stereocenters. The lowest BCUT2D eigenvalue weighted by Gasteiger charge is -2.06. The van der Waals surface area contributed by atoms with Gasteiger partial charge in [-0.2, -0.15) is 5.10 Å².